The van der Waals surface area contributed by atoms with Gasteiger partial charge in [-0.15, -0.1) is 0 Å². The first-order valence-electron chi connectivity index (χ1n) is 8.78. The molecule has 2 heterocycles. The fraction of sp³-hybridized carbons (Fsp3) is 0.0952. The molecule has 0 fully saturated rings. The Morgan fingerprint density at radius 2 is 2.00 bits per heavy atom. The topological polar surface area (TPSA) is 75.6 Å². The first-order chi connectivity index (χ1) is 13.6. The van der Waals surface area contributed by atoms with Crippen LogP contribution in [0.5, 0.6) is 0 Å². The van der Waals surface area contributed by atoms with Crippen LogP contribution in [0, 0.1) is 6.92 Å². The van der Waals surface area contributed by atoms with Crippen LogP contribution in [-0.2, 0) is 6.54 Å². The Bertz CT molecular complexity index is 1110. The van der Waals surface area contributed by atoms with Crippen molar-refractivity contribution in [3.05, 3.63) is 89.1 Å². The van der Waals surface area contributed by atoms with Gasteiger partial charge in [-0.25, -0.2) is 4.98 Å². The molecule has 4 aromatic rings. The van der Waals surface area contributed by atoms with E-state index in [2.05, 4.69) is 25.1 Å². The van der Waals surface area contributed by atoms with Gasteiger partial charge in [0.1, 0.15) is 11.5 Å². The molecule has 0 spiro atoms. The van der Waals surface area contributed by atoms with Gasteiger partial charge >= 0.3 is 0 Å². The monoisotopic (exact) mass is 391 g/mol. The van der Waals surface area contributed by atoms with Crippen LogP contribution in [0.2, 0.25) is 5.02 Å². The minimum Gasteiger partial charge on any atom is -0.331 e. The van der Waals surface area contributed by atoms with Gasteiger partial charge in [-0.3, -0.25) is 9.89 Å². The molecule has 6 nitrogen and oxygen atoms in total. The molecule has 0 aliphatic heterocycles. The maximum Gasteiger partial charge on any atom is 0.273 e. The van der Waals surface area contributed by atoms with Crippen LogP contribution in [0.3, 0.4) is 0 Å². The number of imidazole rings is 1. The zero-order chi connectivity index (χ0) is 19.5. The molecule has 0 aliphatic rings. The molecule has 140 valence electrons. The van der Waals surface area contributed by atoms with Crippen LogP contribution in [0.1, 0.15) is 21.9 Å². The highest BCUT2D eigenvalue weighted by atomic mass is 35.5. The van der Waals surface area contributed by atoms with Crippen LogP contribution in [0.25, 0.3) is 11.3 Å². The lowest BCUT2D eigenvalue weighted by molar-refractivity contribution is 0.102. The Hall–Kier alpha value is -3.38. The number of amides is 1. The maximum absolute atomic E-state index is 12.5. The molecule has 2 aromatic heterocycles. The fourth-order valence-electron chi connectivity index (χ4n) is 2.89. The molecular weight excluding hydrogens is 374 g/mol. The Morgan fingerprint density at radius 1 is 1.18 bits per heavy atom. The van der Waals surface area contributed by atoms with Crippen molar-refractivity contribution in [2.45, 2.75) is 13.5 Å². The van der Waals surface area contributed by atoms with Gasteiger partial charge in [-0.2, -0.15) is 5.10 Å². The Morgan fingerprint density at radius 3 is 2.71 bits per heavy atom. The second kappa shape index (κ2) is 7.70. The van der Waals surface area contributed by atoms with E-state index in [1.807, 2.05) is 49.5 Å². The number of hydrogen-bond donors (Lipinski definition) is 2. The van der Waals surface area contributed by atoms with Crippen molar-refractivity contribution in [3.8, 4) is 11.3 Å². The number of rotatable bonds is 5. The first-order valence-corrected chi connectivity index (χ1v) is 9.16. The molecule has 28 heavy (non-hydrogen) atoms. The third kappa shape index (κ3) is 3.97. The lowest BCUT2D eigenvalue weighted by atomic mass is 10.1. The summed E-state index contributed by atoms with van der Waals surface area (Å²) in [6, 6.07) is 16.8. The van der Waals surface area contributed by atoms with Gasteiger partial charge in [0.25, 0.3) is 5.91 Å². The number of anilines is 1. The van der Waals surface area contributed by atoms with E-state index in [0.29, 0.717) is 16.4 Å². The summed E-state index contributed by atoms with van der Waals surface area (Å²) in [6.07, 6.45) is 3.73. The number of hydrogen-bond acceptors (Lipinski definition) is 3. The van der Waals surface area contributed by atoms with Crippen molar-refractivity contribution in [2.24, 2.45) is 0 Å². The average molecular weight is 392 g/mol. The van der Waals surface area contributed by atoms with Crippen molar-refractivity contribution in [1.29, 1.82) is 0 Å². The van der Waals surface area contributed by atoms with E-state index in [1.54, 1.807) is 24.4 Å². The SMILES string of the molecule is Cc1nccn1Cc1ccc(NC(=O)c2cc(-c3cccc(Cl)c3)n[nH]2)cc1. The Labute approximate surface area is 167 Å². The summed E-state index contributed by atoms with van der Waals surface area (Å²) >= 11 is 6.02. The van der Waals surface area contributed by atoms with E-state index in [1.165, 1.54) is 0 Å². The fourth-order valence-corrected chi connectivity index (χ4v) is 3.08. The second-order valence-corrected chi connectivity index (χ2v) is 6.87. The summed E-state index contributed by atoms with van der Waals surface area (Å²) in [5.74, 6) is 0.714. The van der Waals surface area contributed by atoms with E-state index in [4.69, 9.17) is 11.6 Å². The van der Waals surface area contributed by atoms with Crippen LogP contribution in [0.15, 0.2) is 67.0 Å². The molecule has 0 saturated heterocycles. The maximum atomic E-state index is 12.5. The molecule has 1 amide bonds. The highest BCUT2D eigenvalue weighted by Gasteiger charge is 2.12. The molecule has 0 atom stereocenters. The molecule has 0 aliphatic carbocycles. The number of benzene rings is 2. The van der Waals surface area contributed by atoms with E-state index >= 15 is 0 Å². The minimum absolute atomic E-state index is 0.251. The smallest absolute Gasteiger partial charge is 0.273 e. The first kappa shape index (κ1) is 18.0. The van der Waals surface area contributed by atoms with E-state index in [-0.39, 0.29) is 5.91 Å². The average Bonchev–Trinajstić information content (AvgIpc) is 3.33. The number of halogens is 1. The van der Waals surface area contributed by atoms with Crippen molar-refractivity contribution in [2.75, 3.05) is 5.32 Å². The highest BCUT2D eigenvalue weighted by Crippen LogP contribution is 2.22. The molecular formula is C21H18ClN5O. The molecule has 0 bridgehead atoms. The van der Waals surface area contributed by atoms with Gasteiger partial charge in [0, 0.05) is 35.2 Å². The van der Waals surface area contributed by atoms with Crippen LogP contribution >= 0.6 is 11.6 Å². The number of aryl methyl sites for hydroxylation is 1. The summed E-state index contributed by atoms with van der Waals surface area (Å²) in [5.41, 5.74) is 3.74. The molecule has 2 N–H and O–H groups in total. The van der Waals surface area contributed by atoms with Crippen molar-refractivity contribution in [3.63, 3.8) is 0 Å². The largest absolute Gasteiger partial charge is 0.331 e. The number of carbonyl (C=O) groups excluding carboxylic acids is 1. The van der Waals surface area contributed by atoms with Crippen molar-refractivity contribution in [1.82, 2.24) is 19.7 Å². The van der Waals surface area contributed by atoms with E-state index < -0.39 is 0 Å². The standard InChI is InChI=1S/C21H18ClN5O/c1-14-23-9-10-27(14)13-15-5-7-18(8-6-15)24-21(28)20-12-19(25-26-20)16-3-2-4-17(22)11-16/h2-12H,13H2,1H3,(H,24,28)(H,25,26). The van der Waals surface area contributed by atoms with Crippen LogP contribution in [-0.4, -0.2) is 25.7 Å². The Kier molecular flexibility index (Phi) is 4.95. The number of aromatic nitrogens is 4. The predicted octanol–water partition coefficient (Wildman–Crippen LogP) is 4.54. The number of nitrogens with one attached hydrogen (secondary N) is 2. The normalized spacial score (nSPS) is 10.8. The second-order valence-electron chi connectivity index (χ2n) is 6.43. The summed E-state index contributed by atoms with van der Waals surface area (Å²) in [7, 11) is 0. The lowest BCUT2D eigenvalue weighted by Gasteiger charge is -2.07. The minimum atomic E-state index is -0.251. The van der Waals surface area contributed by atoms with Crippen molar-refractivity contribution < 1.29 is 4.79 Å². The van der Waals surface area contributed by atoms with Gasteiger partial charge in [0.2, 0.25) is 0 Å². The summed E-state index contributed by atoms with van der Waals surface area (Å²) in [5, 5.41) is 10.5. The zero-order valence-corrected chi connectivity index (χ0v) is 15.9. The number of aromatic amines is 1. The van der Waals surface area contributed by atoms with E-state index in [0.717, 1.165) is 29.2 Å². The van der Waals surface area contributed by atoms with Gasteiger partial charge in [0.15, 0.2) is 0 Å². The highest BCUT2D eigenvalue weighted by molar-refractivity contribution is 6.30. The summed E-state index contributed by atoms with van der Waals surface area (Å²) in [6.45, 7) is 2.71. The van der Waals surface area contributed by atoms with Crippen LogP contribution in [0.4, 0.5) is 5.69 Å². The molecule has 0 unspecified atom stereocenters. The predicted molar refractivity (Wildman–Crippen MR) is 109 cm³/mol. The quantitative estimate of drug-likeness (QED) is 0.524. The lowest BCUT2D eigenvalue weighted by Crippen LogP contribution is -2.12. The van der Waals surface area contributed by atoms with Crippen LogP contribution < -0.4 is 5.32 Å². The number of nitrogens with zero attached hydrogens (tertiary/aromatic N) is 3. The van der Waals surface area contributed by atoms with Gasteiger partial charge in [-0.05, 0) is 42.8 Å². The number of H-pyrrole nitrogens is 1. The van der Waals surface area contributed by atoms with Gasteiger partial charge in [-0.1, -0.05) is 35.9 Å². The molecule has 4 rings (SSSR count). The molecule has 0 radical (unpaired) electrons. The third-order valence-electron chi connectivity index (χ3n) is 4.43. The zero-order valence-electron chi connectivity index (χ0n) is 15.2. The number of carbonyl (C=O) groups is 1. The Balaban J connectivity index is 1.43. The summed E-state index contributed by atoms with van der Waals surface area (Å²) in [4.78, 5) is 16.7. The van der Waals surface area contributed by atoms with Gasteiger partial charge < -0.3 is 9.88 Å². The van der Waals surface area contributed by atoms with E-state index in [9.17, 15) is 4.79 Å². The van der Waals surface area contributed by atoms with Crippen molar-refractivity contribution >= 4 is 23.2 Å². The third-order valence-corrected chi connectivity index (χ3v) is 4.67. The molecule has 0 saturated carbocycles. The summed E-state index contributed by atoms with van der Waals surface area (Å²) < 4.78 is 2.07. The molecule has 2 aromatic carbocycles. The van der Waals surface area contributed by atoms with Gasteiger partial charge in [0.05, 0.1) is 5.69 Å². The molecule has 7 heteroatoms.